The monoisotopic (exact) mass is 315 g/mol. The molecule has 0 saturated heterocycles. The van der Waals surface area contributed by atoms with Crippen molar-refractivity contribution in [1.82, 2.24) is 9.88 Å². The van der Waals surface area contributed by atoms with E-state index in [1.165, 1.54) is 0 Å². The highest BCUT2D eigenvalue weighted by Crippen LogP contribution is 2.33. The highest BCUT2D eigenvalue weighted by atomic mass is 16.2. The van der Waals surface area contributed by atoms with Crippen molar-refractivity contribution in [3.63, 3.8) is 0 Å². The van der Waals surface area contributed by atoms with Crippen LogP contribution in [0.2, 0.25) is 0 Å². The van der Waals surface area contributed by atoms with Crippen molar-refractivity contribution in [2.75, 3.05) is 5.32 Å². The van der Waals surface area contributed by atoms with Crippen LogP contribution in [0.3, 0.4) is 0 Å². The Morgan fingerprint density at radius 2 is 1.67 bits per heavy atom. The predicted molar refractivity (Wildman–Crippen MR) is 93.4 cm³/mol. The molecule has 1 N–H and O–H groups in total. The molecule has 3 aromatic rings. The van der Waals surface area contributed by atoms with E-state index in [0.29, 0.717) is 12.1 Å². The normalized spacial score (nSPS) is 16.4. The van der Waals surface area contributed by atoms with E-state index >= 15 is 0 Å². The van der Waals surface area contributed by atoms with Gasteiger partial charge in [0.25, 0.3) is 5.91 Å². The summed E-state index contributed by atoms with van der Waals surface area (Å²) < 4.78 is 0. The zero-order chi connectivity index (χ0) is 16.4. The molecule has 24 heavy (non-hydrogen) atoms. The van der Waals surface area contributed by atoms with Crippen LogP contribution in [-0.4, -0.2) is 15.8 Å². The van der Waals surface area contributed by atoms with Gasteiger partial charge in [0.2, 0.25) is 0 Å². The number of hydrogen-bond donors (Lipinski definition) is 1. The smallest absolute Gasteiger partial charge is 0.258 e. The van der Waals surface area contributed by atoms with Gasteiger partial charge in [-0.2, -0.15) is 0 Å². The molecule has 1 aliphatic heterocycles. The molecular formula is C20H17N3O. The molecule has 0 unspecified atom stereocenters. The second kappa shape index (κ2) is 6.16. The van der Waals surface area contributed by atoms with E-state index in [1.54, 1.807) is 6.20 Å². The van der Waals surface area contributed by atoms with Crippen LogP contribution in [0.25, 0.3) is 0 Å². The van der Waals surface area contributed by atoms with Crippen molar-refractivity contribution in [2.24, 2.45) is 0 Å². The van der Waals surface area contributed by atoms with Gasteiger partial charge in [0, 0.05) is 18.4 Å². The molecule has 4 nitrogen and oxygen atoms in total. The summed E-state index contributed by atoms with van der Waals surface area (Å²) in [6.07, 6.45) is 1.47. The number of nitrogens with zero attached hydrogens (tertiary/aromatic N) is 2. The van der Waals surface area contributed by atoms with Crippen LogP contribution in [0.5, 0.6) is 0 Å². The molecule has 2 heterocycles. The van der Waals surface area contributed by atoms with Gasteiger partial charge in [0.05, 0.1) is 11.3 Å². The van der Waals surface area contributed by atoms with E-state index in [1.807, 2.05) is 77.7 Å². The topological polar surface area (TPSA) is 45.2 Å². The number of rotatable bonds is 3. The number of fused-ring (bicyclic) bond motifs is 1. The average Bonchev–Trinajstić information content (AvgIpc) is 2.65. The van der Waals surface area contributed by atoms with E-state index < -0.39 is 0 Å². The zero-order valence-electron chi connectivity index (χ0n) is 13.1. The lowest BCUT2D eigenvalue weighted by Crippen LogP contribution is -2.42. The van der Waals surface area contributed by atoms with Crippen molar-refractivity contribution in [2.45, 2.75) is 12.7 Å². The number of nitrogens with one attached hydrogen (secondary N) is 1. The molecule has 0 fully saturated rings. The molecule has 4 heteroatoms. The molecular weight excluding hydrogens is 298 g/mol. The number of para-hydroxylation sites is 1. The van der Waals surface area contributed by atoms with Gasteiger partial charge in [-0.1, -0.05) is 48.5 Å². The first-order valence-corrected chi connectivity index (χ1v) is 7.94. The summed E-state index contributed by atoms with van der Waals surface area (Å²) in [4.78, 5) is 19.3. The molecule has 0 aliphatic carbocycles. The molecule has 0 saturated carbocycles. The largest absolute Gasteiger partial charge is 0.359 e. The summed E-state index contributed by atoms with van der Waals surface area (Å²) in [5, 5.41) is 3.46. The van der Waals surface area contributed by atoms with Crippen molar-refractivity contribution in [3.05, 3.63) is 95.8 Å². The van der Waals surface area contributed by atoms with Crippen molar-refractivity contribution in [1.29, 1.82) is 0 Å². The van der Waals surface area contributed by atoms with Gasteiger partial charge in [-0.3, -0.25) is 9.78 Å². The van der Waals surface area contributed by atoms with E-state index in [0.717, 1.165) is 16.9 Å². The summed E-state index contributed by atoms with van der Waals surface area (Å²) in [6.45, 7) is 0.530. The first kappa shape index (κ1) is 14.5. The summed E-state index contributed by atoms with van der Waals surface area (Å²) in [7, 11) is 0. The Balaban J connectivity index is 1.76. The molecule has 0 radical (unpaired) electrons. The highest BCUT2D eigenvalue weighted by molar-refractivity contribution is 6.01. The maximum Gasteiger partial charge on any atom is 0.258 e. The fraction of sp³-hybridized carbons (Fsp3) is 0.100. The minimum absolute atomic E-state index is 0.0175. The van der Waals surface area contributed by atoms with Gasteiger partial charge >= 0.3 is 0 Å². The number of anilines is 1. The van der Waals surface area contributed by atoms with Crippen molar-refractivity contribution >= 4 is 11.6 Å². The number of hydrogen-bond acceptors (Lipinski definition) is 3. The Morgan fingerprint density at radius 1 is 0.917 bits per heavy atom. The first-order valence-electron chi connectivity index (χ1n) is 7.94. The fourth-order valence-electron chi connectivity index (χ4n) is 3.01. The lowest BCUT2D eigenvalue weighted by Gasteiger charge is -2.37. The standard InChI is InChI=1S/C20H17N3O/c24-20-16-10-4-5-11-17(16)22-19(18-12-6-7-13-21-18)23(20)14-15-8-2-1-3-9-15/h1-13,19,22H,14H2/t19-/m0/s1. The molecule has 1 aliphatic rings. The van der Waals surface area contributed by atoms with Gasteiger partial charge in [-0.25, -0.2) is 0 Å². The van der Waals surface area contributed by atoms with Crippen LogP contribution in [-0.2, 0) is 6.54 Å². The Kier molecular flexibility index (Phi) is 3.71. The average molecular weight is 315 g/mol. The number of carbonyl (C=O) groups is 1. The predicted octanol–water partition coefficient (Wildman–Crippen LogP) is 3.85. The van der Waals surface area contributed by atoms with Crippen LogP contribution in [0, 0.1) is 0 Å². The van der Waals surface area contributed by atoms with Crippen LogP contribution < -0.4 is 5.32 Å². The third-order valence-corrected chi connectivity index (χ3v) is 4.19. The Labute approximate surface area is 140 Å². The van der Waals surface area contributed by atoms with Crippen molar-refractivity contribution < 1.29 is 4.79 Å². The Morgan fingerprint density at radius 3 is 2.46 bits per heavy atom. The number of benzene rings is 2. The number of amides is 1. The Bertz CT molecular complexity index is 849. The SMILES string of the molecule is O=C1c2ccccc2N[C@H](c2ccccn2)N1Cc1ccccc1. The first-order chi connectivity index (χ1) is 11.8. The van der Waals surface area contributed by atoms with E-state index in [-0.39, 0.29) is 12.1 Å². The van der Waals surface area contributed by atoms with Gasteiger partial charge in [0.1, 0.15) is 6.17 Å². The van der Waals surface area contributed by atoms with E-state index in [2.05, 4.69) is 10.3 Å². The molecule has 1 aromatic heterocycles. The second-order valence-electron chi connectivity index (χ2n) is 5.77. The molecule has 0 bridgehead atoms. The minimum atomic E-state index is -0.284. The summed E-state index contributed by atoms with van der Waals surface area (Å²) in [5.41, 5.74) is 3.47. The lowest BCUT2D eigenvalue weighted by molar-refractivity contribution is 0.0663. The quantitative estimate of drug-likeness (QED) is 0.798. The molecule has 118 valence electrons. The van der Waals surface area contributed by atoms with Crippen LogP contribution in [0.4, 0.5) is 5.69 Å². The summed E-state index contributed by atoms with van der Waals surface area (Å²) in [6, 6.07) is 23.4. The number of pyridine rings is 1. The molecule has 2 aromatic carbocycles. The Hall–Kier alpha value is -3.14. The fourth-order valence-corrected chi connectivity index (χ4v) is 3.01. The summed E-state index contributed by atoms with van der Waals surface area (Å²) >= 11 is 0. The lowest BCUT2D eigenvalue weighted by atomic mass is 10.0. The molecule has 1 amide bonds. The van der Waals surface area contributed by atoms with E-state index in [9.17, 15) is 4.79 Å². The highest BCUT2D eigenvalue weighted by Gasteiger charge is 2.33. The maximum absolute atomic E-state index is 13.1. The minimum Gasteiger partial charge on any atom is -0.359 e. The van der Waals surface area contributed by atoms with E-state index in [4.69, 9.17) is 0 Å². The summed E-state index contributed by atoms with van der Waals surface area (Å²) in [5.74, 6) is 0.0175. The van der Waals surface area contributed by atoms with Crippen LogP contribution >= 0.6 is 0 Å². The van der Waals surface area contributed by atoms with Gasteiger partial charge in [-0.05, 0) is 29.8 Å². The maximum atomic E-state index is 13.1. The van der Waals surface area contributed by atoms with Gasteiger partial charge in [-0.15, -0.1) is 0 Å². The number of aromatic nitrogens is 1. The zero-order valence-corrected chi connectivity index (χ0v) is 13.1. The number of carbonyl (C=O) groups excluding carboxylic acids is 1. The molecule has 0 spiro atoms. The van der Waals surface area contributed by atoms with Gasteiger partial charge in [0.15, 0.2) is 0 Å². The third kappa shape index (κ3) is 2.63. The molecule has 1 atom stereocenters. The van der Waals surface area contributed by atoms with Gasteiger partial charge < -0.3 is 10.2 Å². The van der Waals surface area contributed by atoms with Crippen LogP contribution in [0.15, 0.2) is 79.0 Å². The second-order valence-corrected chi connectivity index (χ2v) is 5.77. The third-order valence-electron chi connectivity index (χ3n) is 4.19. The van der Waals surface area contributed by atoms with Crippen LogP contribution in [0.1, 0.15) is 27.8 Å². The van der Waals surface area contributed by atoms with Crippen molar-refractivity contribution in [3.8, 4) is 0 Å². The molecule has 4 rings (SSSR count).